The van der Waals surface area contributed by atoms with Crippen molar-refractivity contribution in [3.05, 3.63) is 54.6 Å². The highest BCUT2D eigenvalue weighted by Crippen LogP contribution is 2.27. The Morgan fingerprint density at radius 1 is 1.23 bits per heavy atom. The van der Waals surface area contributed by atoms with Crippen molar-refractivity contribution in [2.24, 2.45) is 5.92 Å². The summed E-state index contributed by atoms with van der Waals surface area (Å²) in [7, 11) is 0. The van der Waals surface area contributed by atoms with Crippen molar-refractivity contribution in [3.8, 4) is 17.3 Å². The van der Waals surface area contributed by atoms with Gasteiger partial charge in [-0.05, 0) is 37.1 Å². The van der Waals surface area contributed by atoms with Gasteiger partial charge in [-0.2, -0.15) is 0 Å². The van der Waals surface area contributed by atoms with Gasteiger partial charge in [0.25, 0.3) is 0 Å². The van der Waals surface area contributed by atoms with E-state index in [1.807, 2.05) is 35.8 Å². The predicted molar refractivity (Wildman–Crippen MR) is 113 cm³/mol. The molecule has 0 unspecified atom stereocenters. The average molecular weight is 421 g/mol. The van der Waals surface area contributed by atoms with Gasteiger partial charge in [0.15, 0.2) is 22.5 Å². The highest BCUT2D eigenvalue weighted by Gasteiger charge is 2.27. The molecule has 0 aromatic carbocycles. The Hall–Kier alpha value is -3.53. The number of furan rings is 1. The van der Waals surface area contributed by atoms with Crippen LogP contribution >= 0.6 is 11.3 Å². The summed E-state index contributed by atoms with van der Waals surface area (Å²) in [6, 6.07) is 7.49. The Kier molecular flexibility index (Phi) is 4.98. The summed E-state index contributed by atoms with van der Waals surface area (Å²) < 4.78 is 7.16. The maximum absolute atomic E-state index is 12.8. The van der Waals surface area contributed by atoms with Crippen molar-refractivity contribution >= 4 is 28.2 Å². The van der Waals surface area contributed by atoms with Crippen molar-refractivity contribution in [3.63, 3.8) is 0 Å². The fraction of sp³-hybridized carbons (Fsp3) is 0.250. The lowest BCUT2D eigenvalue weighted by Gasteiger charge is -2.32. The maximum Gasteiger partial charge on any atom is 0.231 e. The highest BCUT2D eigenvalue weighted by atomic mass is 32.1. The number of aromatic nitrogens is 5. The van der Waals surface area contributed by atoms with Crippen molar-refractivity contribution in [1.82, 2.24) is 24.7 Å². The third kappa shape index (κ3) is 3.81. The van der Waals surface area contributed by atoms with Crippen LogP contribution in [0, 0.1) is 5.92 Å². The zero-order valence-corrected chi connectivity index (χ0v) is 16.8. The van der Waals surface area contributed by atoms with Crippen LogP contribution in [0.4, 0.5) is 10.9 Å². The molecule has 0 bridgehead atoms. The number of anilines is 2. The monoisotopic (exact) mass is 421 g/mol. The smallest absolute Gasteiger partial charge is 0.231 e. The van der Waals surface area contributed by atoms with Gasteiger partial charge in [0.05, 0.1) is 12.2 Å². The van der Waals surface area contributed by atoms with E-state index in [2.05, 4.69) is 30.4 Å². The molecule has 30 heavy (non-hydrogen) atoms. The molecule has 1 fully saturated rings. The summed E-state index contributed by atoms with van der Waals surface area (Å²) in [6.45, 7) is 1.45. The molecule has 10 heteroatoms. The standard InChI is InChI=1S/C20H19N7O2S/c28-19(23-20-22-15(12-30-20)16-4-2-10-29-16)14-3-1-8-26(11-14)17-5-6-18(25-24-17)27-9-7-21-13-27/h2,4-7,9-10,12-14H,1,3,8,11H2,(H,22,23,28)/t14-/m1/s1. The lowest BCUT2D eigenvalue weighted by molar-refractivity contribution is -0.120. The number of hydrogen-bond acceptors (Lipinski definition) is 8. The summed E-state index contributed by atoms with van der Waals surface area (Å²) in [5.41, 5.74) is 0.721. The third-order valence-corrected chi connectivity index (χ3v) is 5.79. The molecule has 1 saturated heterocycles. The number of hydrogen-bond donors (Lipinski definition) is 1. The molecule has 1 atom stereocenters. The molecule has 0 aliphatic carbocycles. The molecule has 4 aromatic rings. The van der Waals surface area contributed by atoms with Crippen LogP contribution in [-0.4, -0.2) is 43.7 Å². The lowest BCUT2D eigenvalue weighted by atomic mass is 9.97. The summed E-state index contributed by atoms with van der Waals surface area (Å²) in [5, 5.41) is 14.0. The molecule has 0 spiro atoms. The Bertz CT molecular complexity index is 1110. The van der Waals surface area contributed by atoms with Gasteiger partial charge in [-0.3, -0.25) is 9.36 Å². The minimum atomic E-state index is -0.134. The number of piperidine rings is 1. The summed E-state index contributed by atoms with van der Waals surface area (Å²) in [4.78, 5) is 23.4. The van der Waals surface area contributed by atoms with Gasteiger partial charge >= 0.3 is 0 Å². The molecular formula is C20H19N7O2S. The quantitative estimate of drug-likeness (QED) is 0.528. The van der Waals surface area contributed by atoms with E-state index in [1.54, 1.807) is 23.4 Å². The van der Waals surface area contributed by atoms with E-state index in [0.29, 0.717) is 23.3 Å². The first-order valence-corrected chi connectivity index (χ1v) is 10.5. The lowest BCUT2D eigenvalue weighted by Crippen LogP contribution is -2.41. The van der Waals surface area contributed by atoms with Gasteiger partial charge < -0.3 is 14.6 Å². The number of nitrogens with one attached hydrogen (secondary N) is 1. The minimum absolute atomic E-state index is 0.0250. The van der Waals surface area contributed by atoms with Gasteiger partial charge in [-0.25, -0.2) is 9.97 Å². The summed E-state index contributed by atoms with van der Waals surface area (Å²) in [5.74, 6) is 2.01. The summed E-state index contributed by atoms with van der Waals surface area (Å²) >= 11 is 1.39. The van der Waals surface area contributed by atoms with Gasteiger partial charge in [0.2, 0.25) is 5.91 Å². The molecular weight excluding hydrogens is 402 g/mol. The van der Waals surface area contributed by atoms with Gasteiger partial charge in [-0.1, -0.05) is 0 Å². The van der Waals surface area contributed by atoms with E-state index < -0.39 is 0 Å². The van der Waals surface area contributed by atoms with E-state index in [4.69, 9.17) is 4.42 Å². The second kappa shape index (κ2) is 8.07. The van der Waals surface area contributed by atoms with Crippen molar-refractivity contribution in [2.45, 2.75) is 12.8 Å². The van der Waals surface area contributed by atoms with E-state index in [0.717, 1.165) is 30.9 Å². The number of imidazole rings is 1. The zero-order valence-electron chi connectivity index (χ0n) is 16.0. The number of nitrogens with zero attached hydrogens (tertiary/aromatic N) is 6. The molecule has 0 radical (unpaired) electrons. The van der Waals surface area contributed by atoms with Crippen LogP contribution in [0.1, 0.15) is 12.8 Å². The molecule has 4 aromatic heterocycles. The normalized spacial score (nSPS) is 16.5. The van der Waals surface area contributed by atoms with Crippen LogP contribution in [0.15, 0.2) is 59.0 Å². The van der Waals surface area contributed by atoms with E-state index in [1.165, 1.54) is 11.3 Å². The van der Waals surface area contributed by atoms with Crippen LogP contribution in [0.25, 0.3) is 17.3 Å². The Labute approximate surface area is 176 Å². The van der Waals surface area contributed by atoms with E-state index in [-0.39, 0.29) is 11.8 Å². The minimum Gasteiger partial charge on any atom is -0.463 e. The second-order valence-corrected chi connectivity index (χ2v) is 7.87. The molecule has 1 aliphatic heterocycles. The number of rotatable bonds is 5. The Morgan fingerprint density at radius 3 is 2.90 bits per heavy atom. The molecule has 5 heterocycles. The number of amides is 1. The zero-order chi connectivity index (χ0) is 20.3. The van der Waals surface area contributed by atoms with Crippen molar-refractivity contribution in [2.75, 3.05) is 23.3 Å². The molecule has 1 aliphatic rings. The largest absolute Gasteiger partial charge is 0.463 e. The molecule has 152 valence electrons. The van der Waals surface area contributed by atoms with Crippen LogP contribution < -0.4 is 10.2 Å². The van der Waals surface area contributed by atoms with Crippen LogP contribution in [0.3, 0.4) is 0 Å². The topological polar surface area (TPSA) is 102 Å². The maximum atomic E-state index is 12.8. The molecule has 0 saturated carbocycles. The number of carbonyl (C=O) groups excluding carboxylic acids is 1. The Balaban J connectivity index is 1.23. The molecule has 1 amide bonds. The molecule has 5 rings (SSSR count). The third-order valence-electron chi connectivity index (χ3n) is 5.03. The first-order chi connectivity index (χ1) is 14.8. The highest BCUT2D eigenvalue weighted by molar-refractivity contribution is 7.14. The van der Waals surface area contributed by atoms with Crippen LogP contribution in [0.5, 0.6) is 0 Å². The van der Waals surface area contributed by atoms with Gasteiger partial charge in [0.1, 0.15) is 12.0 Å². The fourth-order valence-corrected chi connectivity index (χ4v) is 4.20. The SMILES string of the molecule is O=C(Nc1nc(-c2ccco2)cs1)[C@@H]1CCCN(c2ccc(-n3ccnc3)nn2)C1. The number of carbonyl (C=O) groups is 1. The van der Waals surface area contributed by atoms with E-state index >= 15 is 0 Å². The fourth-order valence-electron chi connectivity index (χ4n) is 3.49. The first kappa shape index (κ1) is 18.5. The summed E-state index contributed by atoms with van der Waals surface area (Å²) in [6.07, 6.45) is 8.55. The van der Waals surface area contributed by atoms with Gasteiger partial charge in [0, 0.05) is 30.9 Å². The van der Waals surface area contributed by atoms with Crippen molar-refractivity contribution < 1.29 is 9.21 Å². The first-order valence-electron chi connectivity index (χ1n) is 9.63. The Morgan fingerprint density at radius 2 is 2.13 bits per heavy atom. The molecule has 9 nitrogen and oxygen atoms in total. The van der Waals surface area contributed by atoms with E-state index in [9.17, 15) is 4.79 Å². The average Bonchev–Trinajstić information content (AvgIpc) is 3.56. The molecule has 1 N–H and O–H groups in total. The van der Waals surface area contributed by atoms with Crippen molar-refractivity contribution in [1.29, 1.82) is 0 Å². The predicted octanol–water partition coefficient (Wildman–Crippen LogP) is 3.23. The van der Waals surface area contributed by atoms with Crippen LogP contribution in [0.2, 0.25) is 0 Å². The van der Waals surface area contributed by atoms with Crippen LogP contribution in [-0.2, 0) is 4.79 Å². The second-order valence-electron chi connectivity index (χ2n) is 7.01. The van der Waals surface area contributed by atoms with Gasteiger partial charge in [-0.15, -0.1) is 21.5 Å². The number of thiazole rings is 1.